The van der Waals surface area contributed by atoms with Crippen molar-refractivity contribution in [3.8, 4) is 11.1 Å². The first kappa shape index (κ1) is 24.9. The standard InChI is InChI=1S/C36H37N.C2H6/c1-2-37-32-16-10-9-15-27(32)31-22-30(24-13-7-4-8-14-24)29-20-19-28-26(23-11-5-3-6-12-23)18-17-25-21-33(37)35(31)36(29)34(25)28;1-2/h9-10,15-24H,2-8,11-14H2,1H3;1-2H3. The third-order valence-corrected chi connectivity index (χ3v) is 10.1. The topological polar surface area (TPSA) is 3.24 Å². The van der Waals surface area contributed by atoms with Gasteiger partial charge in [-0.15, -0.1) is 0 Å². The molecule has 1 aliphatic heterocycles. The molecule has 2 fully saturated rings. The number of nitrogens with zero attached hydrogens (tertiary/aromatic N) is 1. The number of fused-ring (bicyclic) bond motifs is 2. The fourth-order valence-electron chi connectivity index (χ4n) is 8.40. The second kappa shape index (κ2) is 10.2. The van der Waals surface area contributed by atoms with Crippen LogP contribution < -0.4 is 4.90 Å². The molecule has 5 aromatic carbocycles. The Balaban J connectivity index is 0.00000124. The maximum absolute atomic E-state index is 2.62. The van der Waals surface area contributed by atoms with Crippen molar-refractivity contribution in [3.63, 3.8) is 0 Å². The summed E-state index contributed by atoms with van der Waals surface area (Å²) in [5.41, 5.74) is 8.89. The molecule has 8 rings (SSSR count). The lowest BCUT2D eigenvalue weighted by Gasteiger charge is -2.35. The zero-order chi connectivity index (χ0) is 26.5. The summed E-state index contributed by atoms with van der Waals surface area (Å²) in [6.07, 6.45) is 13.7. The average molecular weight is 514 g/mol. The van der Waals surface area contributed by atoms with E-state index >= 15 is 0 Å². The molecule has 0 amide bonds. The first-order valence-corrected chi connectivity index (χ1v) is 16.0. The van der Waals surface area contributed by atoms with Crippen LogP contribution in [0.25, 0.3) is 43.4 Å². The molecular formula is C38H43N. The molecule has 0 aromatic heterocycles. The zero-order valence-corrected chi connectivity index (χ0v) is 24.2. The first-order chi connectivity index (χ1) is 19.3. The second-order valence-corrected chi connectivity index (χ2v) is 12.0. The van der Waals surface area contributed by atoms with Gasteiger partial charge in [0.2, 0.25) is 0 Å². The minimum absolute atomic E-state index is 0.687. The van der Waals surface area contributed by atoms with Crippen molar-refractivity contribution in [2.45, 2.75) is 96.8 Å². The summed E-state index contributed by atoms with van der Waals surface area (Å²) in [5.74, 6) is 1.41. The van der Waals surface area contributed by atoms with Gasteiger partial charge in [-0.1, -0.05) is 94.8 Å². The largest absolute Gasteiger partial charge is 0.341 e. The smallest absolute Gasteiger partial charge is 0.0503 e. The summed E-state index contributed by atoms with van der Waals surface area (Å²) in [6.45, 7) is 7.29. The maximum atomic E-state index is 2.62. The lowest BCUT2D eigenvalue weighted by molar-refractivity contribution is 0.445. The molecule has 0 spiro atoms. The third kappa shape index (κ3) is 3.80. The molecule has 1 heteroatoms. The van der Waals surface area contributed by atoms with E-state index in [1.54, 1.807) is 16.5 Å². The van der Waals surface area contributed by atoms with Crippen LogP contribution in [0.4, 0.5) is 11.4 Å². The predicted octanol–water partition coefficient (Wildman–Crippen LogP) is 11.8. The minimum Gasteiger partial charge on any atom is -0.341 e. The van der Waals surface area contributed by atoms with Gasteiger partial charge in [0, 0.05) is 28.6 Å². The number of hydrogen-bond donors (Lipinski definition) is 0. The van der Waals surface area contributed by atoms with Crippen LogP contribution >= 0.6 is 0 Å². The Hall–Kier alpha value is -3.06. The number of hydrogen-bond acceptors (Lipinski definition) is 1. The van der Waals surface area contributed by atoms with Gasteiger partial charge in [-0.3, -0.25) is 0 Å². The van der Waals surface area contributed by atoms with Crippen molar-refractivity contribution in [1.82, 2.24) is 0 Å². The lowest BCUT2D eigenvalue weighted by Crippen LogP contribution is -2.20. The molecule has 1 heterocycles. The summed E-state index contributed by atoms with van der Waals surface area (Å²) in [4.78, 5) is 2.56. The molecule has 3 aliphatic rings. The normalized spacial score (nSPS) is 18.0. The molecule has 1 nitrogen and oxygen atoms in total. The Morgan fingerprint density at radius 1 is 0.590 bits per heavy atom. The number of anilines is 2. The van der Waals surface area contributed by atoms with Crippen LogP contribution in [-0.2, 0) is 0 Å². The van der Waals surface area contributed by atoms with Gasteiger partial charge in [-0.05, 0) is 101 Å². The summed E-state index contributed by atoms with van der Waals surface area (Å²) in [7, 11) is 0. The molecular weight excluding hydrogens is 470 g/mol. The van der Waals surface area contributed by atoms with E-state index in [2.05, 4.69) is 72.5 Å². The van der Waals surface area contributed by atoms with Crippen molar-refractivity contribution in [3.05, 3.63) is 71.8 Å². The van der Waals surface area contributed by atoms with Crippen molar-refractivity contribution < 1.29 is 0 Å². The molecule has 0 N–H and O–H groups in total. The van der Waals surface area contributed by atoms with Crippen molar-refractivity contribution in [2.75, 3.05) is 11.4 Å². The quantitative estimate of drug-likeness (QED) is 0.217. The molecule has 0 saturated heterocycles. The van der Waals surface area contributed by atoms with Crippen LogP contribution in [-0.4, -0.2) is 6.54 Å². The fraction of sp³-hybridized carbons (Fsp3) is 0.421. The molecule has 0 unspecified atom stereocenters. The van der Waals surface area contributed by atoms with Gasteiger partial charge >= 0.3 is 0 Å². The summed E-state index contributed by atoms with van der Waals surface area (Å²) in [6, 6.07) is 24.3. The SMILES string of the molecule is CC.CCN1c2ccccc2-c2cc(C3CCCCC3)c3ccc4c(C5CCCCC5)ccc5cc1c2c3c54. The summed E-state index contributed by atoms with van der Waals surface area (Å²) >= 11 is 0. The third-order valence-electron chi connectivity index (χ3n) is 10.1. The van der Waals surface area contributed by atoms with Crippen LogP contribution in [0.3, 0.4) is 0 Å². The van der Waals surface area contributed by atoms with Gasteiger partial charge < -0.3 is 4.90 Å². The molecule has 200 valence electrons. The Morgan fingerprint density at radius 2 is 1.23 bits per heavy atom. The first-order valence-electron chi connectivity index (χ1n) is 16.0. The zero-order valence-electron chi connectivity index (χ0n) is 24.2. The Kier molecular flexibility index (Phi) is 6.50. The summed E-state index contributed by atoms with van der Waals surface area (Å²) < 4.78 is 0. The average Bonchev–Trinajstić information content (AvgIpc) is 3.02. The Bertz CT molecular complexity index is 1630. The highest BCUT2D eigenvalue weighted by Crippen LogP contribution is 2.54. The van der Waals surface area contributed by atoms with Crippen LogP contribution in [0.15, 0.2) is 60.7 Å². The molecule has 5 aromatic rings. The monoisotopic (exact) mass is 513 g/mol. The maximum Gasteiger partial charge on any atom is 0.0503 e. The van der Waals surface area contributed by atoms with E-state index in [4.69, 9.17) is 0 Å². The molecule has 2 aliphatic carbocycles. The van der Waals surface area contributed by atoms with Crippen LogP contribution in [0, 0.1) is 0 Å². The highest BCUT2D eigenvalue weighted by molar-refractivity contribution is 6.31. The highest BCUT2D eigenvalue weighted by Gasteiger charge is 2.30. The van der Waals surface area contributed by atoms with Crippen molar-refractivity contribution >= 4 is 43.7 Å². The van der Waals surface area contributed by atoms with E-state index in [0.717, 1.165) is 12.5 Å². The Labute approximate surface area is 234 Å². The minimum atomic E-state index is 0.687. The van der Waals surface area contributed by atoms with Crippen LogP contribution in [0.1, 0.15) is 108 Å². The number of rotatable bonds is 3. The van der Waals surface area contributed by atoms with E-state index in [1.807, 2.05) is 13.8 Å². The Morgan fingerprint density at radius 3 is 1.92 bits per heavy atom. The van der Waals surface area contributed by atoms with Gasteiger partial charge in [0.1, 0.15) is 0 Å². The lowest BCUT2D eigenvalue weighted by atomic mass is 9.76. The molecule has 0 atom stereocenters. The highest BCUT2D eigenvalue weighted by atomic mass is 15.1. The number of para-hydroxylation sites is 1. The van der Waals surface area contributed by atoms with E-state index in [9.17, 15) is 0 Å². The van der Waals surface area contributed by atoms with Crippen molar-refractivity contribution in [1.29, 1.82) is 0 Å². The number of benzene rings is 5. The second-order valence-electron chi connectivity index (χ2n) is 12.0. The van der Waals surface area contributed by atoms with Gasteiger partial charge in [0.05, 0.1) is 5.69 Å². The predicted molar refractivity (Wildman–Crippen MR) is 171 cm³/mol. The van der Waals surface area contributed by atoms with E-state index in [0.29, 0.717) is 5.92 Å². The van der Waals surface area contributed by atoms with E-state index in [1.165, 1.54) is 114 Å². The van der Waals surface area contributed by atoms with Crippen molar-refractivity contribution in [2.24, 2.45) is 0 Å². The molecule has 2 saturated carbocycles. The molecule has 0 radical (unpaired) electrons. The van der Waals surface area contributed by atoms with Gasteiger partial charge in [0.15, 0.2) is 0 Å². The van der Waals surface area contributed by atoms with E-state index in [-0.39, 0.29) is 0 Å². The van der Waals surface area contributed by atoms with Gasteiger partial charge in [0.25, 0.3) is 0 Å². The molecule has 39 heavy (non-hydrogen) atoms. The van der Waals surface area contributed by atoms with Crippen LogP contribution in [0.2, 0.25) is 0 Å². The van der Waals surface area contributed by atoms with Gasteiger partial charge in [-0.25, -0.2) is 0 Å². The molecule has 0 bridgehead atoms. The fourth-order valence-corrected chi connectivity index (χ4v) is 8.40. The van der Waals surface area contributed by atoms with E-state index < -0.39 is 0 Å². The summed E-state index contributed by atoms with van der Waals surface area (Å²) in [5, 5.41) is 9.06. The van der Waals surface area contributed by atoms with Crippen LogP contribution in [0.5, 0.6) is 0 Å². The van der Waals surface area contributed by atoms with Gasteiger partial charge in [-0.2, -0.15) is 0 Å².